The van der Waals surface area contributed by atoms with Crippen LogP contribution in [0.3, 0.4) is 0 Å². The summed E-state index contributed by atoms with van der Waals surface area (Å²) in [5, 5.41) is 8.72. The number of aliphatic hydroxyl groups excluding tert-OH is 1. The minimum atomic E-state index is -3.22. The molecule has 0 amide bonds. The number of rotatable bonds is 5. The summed E-state index contributed by atoms with van der Waals surface area (Å²) in [7, 11) is -3.22. The fourth-order valence-corrected chi connectivity index (χ4v) is 3.81. The first-order valence-electron chi connectivity index (χ1n) is 5.72. The van der Waals surface area contributed by atoms with Gasteiger partial charge >= 0.3 is 0 Å². The number of aliphatic hydroxyl groups is 1. The average Bonchev–Trinajstić information content (AvgIpc) is 2.27. The van der Waals surface area contributed by atoms with Crippen molar-refractivity contribution in [3.8, 4) is 0 Å². The molecule has 5 heteroatoms. The Morgan fingerprint density at radius 3 is 2.40 bits per heavy atom. The van der Waals surface area contributed by atoms with Gasteiger partial charge in [0, 0.05) is 6.04 Å². The van der Waals surface area contributed by atoms with Crippen molar-refractivity contribution >= 4 is 10.0 Å². The lowest BCUT2D eigenvalue weighted by Gasteiger charge is -2.24. The van der Waals surface area contributed by atoms with Crippen molar-refractivity contribution in [1.29, 1.82) is 0 Å². The third-order valence-corrected chi connectivity index (χ3v) is 5.05. The van der Waals surface area contributed by atoms with E-state index in [1.165, 1.54) is 0 Å². The Kier molecular flexibility index (Phi) is 5.02. The van der Waals surface area contributed by atoms with Crippen molar-refractivity contribution in [1.82, 2.24) is 4.72 Å². The van der Waals surface area contributed by atoms with Gasteiger partial charge in [-0.1, -0.05) is 26.2 Å². The van der Waals surface area contributed by atoms with Gasteiger partial charge in [-0.05, 0) is 19.3 Å². The molecule has 1 fully saturated rings. The molecule has 90 valence electrons. The minimum Gasteiger partial charge on any atom is -0.395 e. The molecule has 0 aromatic heterocycles. The predicted molar refractivity (Wildman–Crippen MR) is 60.1 cm³/mol. The Labute approximate surface area is 92.1 Å². The molecule has 0 saturated heterocycles. The van der Waals surface area contributed by atoms with Crippen molar-refractivity contribution < 1.29 is 13.5 Å². The molecule has 1 atom stereocenters. The van der Waals surface area contributed by atoms with Crippen LogP contribution in [-0.4, -0.2) is 31.4 Å². The van der Waals surface area contributed by atoms with E-state index in [1.807, 2.05) is 6.92 Å². The van der Waals surface area contributed by atoms with Gasteiger partial charge in [-0.15, -0.1) is 0 Å². The number of sulfonamides is 1. The molecule has 0 radical (unpaired) electrons. The standard InChI is InChI=1S/C10H21NO3S/c1-2-9(8-12)11-15(13,14)10-6-4-3-5-7-10/h9-12H,2-8H2,1H3/t9-/m0/s1. The van der Waals surface area contributed by atoms with Crippen LogP contribution in [0.25, 0.3) is 0 Å². The highest BCUT2D eigenvalue weighted by Gasteiger charge is 2.28. The Balaban J connectivity index is 2.56. The van der Waals surface area contributed by atoms with E-state index < -0.39 is 10.0 Å². The van der Waals surface area contributed by atoms with Crippen LogP contribution in [0, 0.1) is 0 Å². The molecule has 2 N–H and O–H groups in total. The fraction of sp³-hybridized carbons (Fsp3) is 1.00. The van der Waals surface area contributed by atoms with Crippen molar-refractivity contribution in [3.05, 3.63) is 0 Å². The molecule has 4 nitrogen and oxygen atoms in total. The van der Waals surface area contributed by atoms with Crippen LogP contribution in [0.4, 0.5) is 0 Å². The van der Waals surface area contributed by atoms with E-state index in [1.54, 1.807) is 0 Å². The highest BCUT2D eigenvalue weighted by Crippen LogP contribution is 2.23. The maximum absolute atomic E-state index is 11.9. The van der Waals surface area contributed by atoms with Crippen molar-refractivity contribution in [3.63, 3.8) is 0 Å². The number of nitrogens with one attached hydrogen (secondary N) is 1. The molecular weight excluding hydrogens is 214 g/mol. The van der Waals surface area contributed by atoms with Crippen molar-refractivity contribution in [2.45, 2.75) is 56.7 Å². The number of hydrogen-bond donors (Lipinski definition) is 2. The lowest BCUT2D eigenvalue weighted by molar-refractivity contribution is 0.253. The van der Waals surface area contributed by atoms with Gasteiger partial charge in [-0.2, -0.15) is 0 Å². The molecule has 0 aromatic carbocycles. The third kappa shape index (κ3) is 3.74. The van der Waals surface area contributed by atoms with E-state index in [4.69, 9.17) is 5.11 Å². The first-order valence-corrected chi connectivity index (χ1v) is 7.26. The molecule has 15 heavy (non-hydrogen) atoms. The van der Waals surface area contributed by atoms with Crippen LogP contribution in [0.15, 0.2) is 0 Å². The van der Waals surface area contributed by atoms with Crippen LogP contribution in [0.2, 0.25) is 0 Å². The predicted octanol–water partition coefficient (Wildman–Crippen LogP) is 1.01. The molecule has 1 aliphatic carbocycles. The van der Waals surface area contributed by atoms with Crippen molar-refractivity contribution in [2.75, 3.05) is 6.61 Å². The summed E-state index contributed by atoms with van der Waals surface area (Å²) in [4.78, 5) is 0. The van der Waals surface area contributed by atoms with E-state index in [2.05, 4.69) is 4.72 Å². The minimum absolute atomic E-state index is 0.123. The zero-order valence-electron chi connectivity index (χ0n) is 9.28. The second kappa shape index (κ2) is 5.82. The molecule has 0 unspecified atom stereocenters. The van der Waals surface area contributed by atoms with E-state index in [0.717, 1.165) is 32.1 Å². The molecule has 1 saturated carbocycles. The molecule has 0 bridgehead atoms. The Morgan fingerprint density at radius 2 is 1.93 bits per heavy atom. The highest BCUT2D eigenvalue weighted by molar-refractivity contribution is 7.90. The smallest absolute Gasteiger partial charge is 0.214 e. The van der Waals surface area contributed by atoms with Gasteiger partial charge in [0.15, 0.2) is 0 Å². The maximum atomic E-state index is 11.9. The van der Waals surface area contributed by atoms with E-state index in [9.17, 15) is 8.42 Å². The summed E-state index contributed by atoms with van der Waals surface area (Å²) < 4.78 is 26.4. The van der Waals surface area contributed by atoms with Gasteiger partial charge in [0.25, 0.3) is 0 Å². The lowest BCUT2D eigenvalue weighted by atomic mass is 10.0. The summed E-state index contributed by atoms with van der Waals surface area (Å²) in [5.74, 6) is 0. The van der Waals surface area contributed by atoms with Crippen LogP contribution in [0.5, 0.6) is 0 Å². The second-order valence-corrected chi connectivity index (χ2v) is 6.20. The normalized spacial score (nSPS) is 21.5. The van der Waals surface area contributed by atoms with Crippen LogP contribution in [-0.2, 0) is 10.0 Å². The molecule has 0 spiro atoms. The van der Waals surface area contributed by atoms with Gasteiger partial charge in [0.1, 0.15) is 0 Å². The summed E-state index contributed by atoms with van der Waals surface area (Å²) in [6.07, 6.45) is 5.29. The van der Waals surface area contributed by atoms with Gasteiger partial charge < -0.3 is 5.11 Å². The number of hydrogen-bond acceptors (Lipinski definition) is 3. The molecule has 0 aromatic rings. The van der Waals surface area contributed by atoms with Gasteiger partial charge in [-0.3, -0.25) is 0 Å². The SMILES string of the molecule is CC[C@@H](CO)NS(=O)(=O)C1CCCCC1. The average molecular weight is 235 g/mol. The summed E-state index contributed by atoms with van der Waals surface area (Å²) >= 11 is 0. The first kappa shape index (κ1) is 12.9. The molecule has 0 aliphatic heterocycles. The van der Waals surface area contributed by atoms with E-state index >= 15 is 0 Å². The van der Waals surface area contributed by atoms with Crippen LogP contribution < -0.4 is 4.72 Å². The van der Waals surface area contributed by atoms with Gasteiger partial charge in [0.2, 0.25) is 10.0 Å². The highest BCUT2D eigenvalue weighted by atomic mass is 32.2. The quantitative estimate of drug-likeness (QED) is 0.747. The lowest BCUT2D eigenvalue weighted by Crippen LogP contribution is -2.43. The second-order valence-electron chi connectivity index (χ2n) is 4.21. The molecule has 1 aliphatic rings. The van der Waals surface area contributed by atoms with Gasteiger partial charge in [0.05, 0.1) is 11.9 Å². The molecule has 1 rings (SSSR count). The van der Waals surface area contributed by atoms with Crippen molar-refractivity contribution in [2.24, 2.45) is 0 Å². The largest absolute Gasteiger partial charge is 0.395 e. The molecular formula is C10H21NO3S. The Morgan fingerprint density at radius 1 is 1.33 bits per heavy atom. The Hall–Kier alpha value is -0.130. The van der Waals surface area contributed by atoms with Crippen LogP contribution in [0.1, 0.15) is 45.4 Å². The monoisotopic (exact) mass is 235 g/mol. The Bertz CT molecular complexity index is 266. The van der Waals surface area contributed by atoms with Crippen LogP contribution >= 0.6 is 0 Å². The summed E-state index contributed by atoms with van der Waals surface area (Å²) in [6.45, 7) is 1.74. The zero-order valence-corrected chi connectivity index (χ0v) is 10.1. The summed E-state index contributed by atoms with van der Waals surface area (Å²) in [5.41, 5.74) is 0. The first-order chi connectivity index (χ1) is 7.10. The van der Waals surface area contributed by atoms with E-state index in [-0.39, 0.29) is 17.9 Å². The molecule has 0 heterocycles. The topological polar surface area (TPSA) is 66.4 Å². The fourth-order valence-electron chi connectivity index (χ4n) is 1.95. The third-order valence-electron chi connectivity index (χ3n) is 3.04. The van der Waals surface area contributed by atoms with Gasteiger partial charge in [-0.25, -0.2) is 13.1 Å². The maximum Gasteiger partial charge on any atom is 0.214 e. The van der Waals surface area contributed by atoms with E-state index in [0.29, 0.717) is 6.42 Å². The zero-order chi connectivity index (χ0) is 11.3. The summed E-state index contributed by atoms with van der Waals surface area (Å²) in [6, 6.07) is -0.322.